The predicted octanol–water partition coefficient (Wildman–Crippen LogP) is 6.39. The molecule has 344 valence electrons. The molecule has 14 heteroatoms. The van der Waals surface area contributed by atoms with Gasteiger partial charge in [-0.3, -0.25) is 9.59 Å². The number of aliphatic hydroxyl groups is 2. The maximum atomic E-state index is 11.9. The first-order valence-corrected chi connectivity index (χ1v) is 22.6. The quantitative estimate of drug-likeness (QED) is 0.0484. The highest BCUT2D eigenvalue weighted by Gasteiger charge is 2.53. The number of hydrogen-bond donors (Lipinski definition) is 4. The molecule has 0 aliphatic carbocycles. The van der Waals surface area contributed by atoms with E-state index in [1.54, 1.807) is 12.2 Å². The Morgan fingerprint density at radius 1 is 0.695 bits per heavy atom. The van der Waals surface area contributed by atoms with Crippen molar-refractivity contribution in [1.29, 1.82) is 0 Å². The van der Waals surface area contributed by atoms with Crippen molar-refractivity contribution in [2.24, 2.45) is 0 Å². The molecule has 59 heavy (non-hydrogen) atoms. The Labute approximate surface area is 355 Å². The second kappa shape index (κ2) is 31.0. The fourth-order valence-corrected chi connectivity index (χ4v) is 7.59. The Kier molecular flexibility index (Phi) is 27.9. The molecule has 3 rings (SSSR count). The van der Waals surface area contributed by atoms with Crippen LogP contribution in [0.15, 0.2) is 25.3 Å². The summed E-state index contributed by atoms with van der Waals surface area (Å²) in [5.74, 6) is -1.16. The summed E-state index contributed by atoms with van der Waals surface area (Å²) in [6, 6.07) is -1.13. The molecule has 3 aliphatic rings. The first-order chi connectivity index (χ1) is 28.4. The van der Waals surface area contributed by atoms with Gasteiger partial charge in [-0.15, -0.1) is 13.2 Å². The largest absolute Gasteiger partial charge is 0.394 e. The Morgan fingerprint density at radius 3 is 1.59 bits per heavy atom. The van der Waals surface area contributed by atoms with Gasteiger partial charge in [-0.1, -0.05) is 116 Å². The lowest BCUT2D eigenvalue weighted by Gasteiger charge is -2.51. The molecule has 3 saturated heterocycles. The van der Waals surface area contributed by atoms with Gasteiger partial charge in [0.2, 0.25) is 11.8 Å². The monoisotopic (exact) mass is 843 g/mol. The number of ether oxygens (including phenoxy) is 8. The second-order valence-corrected chi connectivity index (χ2v) is 16.4. The van der Waals surface area contributed by atoms with E-state index >= 15 is 0 Å². The van der Waals surface area contributed by atoms with Crippen LogP contribution in [0.2, 0.25) is 0 Å². The zero-order chi connectivity index (χ0) is 43.5. The van der Waals surface area contributed by atoms with Gasteiger partial charge in [0.05, 0.1) is 26.4 Å². The van der Waals surface area contributed by atoms with E-state index in [0.717, 1.165) is 25.7 Å². The molecule has 0 spiro atoms. The summed E-state index contributed by atoms with van der Waals surface area (Å²) >= 11 is 0. The topological polar surface area (TPSA) is 172 Å². The molecule has 3 heterocycles. The molecule has 3 aliphatic heterocycles. The Morgan fingerprint density at radius 2 is 1.14 bits per heavy atom. The number of aliphatic hydroxyl groups excluding tert-OH is 2. The lowest BCUT2D eigenvalue weighted by molar-refractivity contribution is -0.371. The zero-order valence-electron chi connectivity index (χ0n) is 37.4. The van der Waals surface area contributed by atoms with Crippen molar-refractivity contribution in [3.63, 3.8) is 0 Å². The van der Waals surface area contributed by atoms with Gasteiger partial charge in [-0.2, -0.15) is 0 Å². The number of amides is 2. The van der Waals surface area contributed by atoms with Crippen molar-refractivity contribution >= 4 is 11.8 Å². The number of carbonyl (C=O) groups is 2. The molecule has 0 unspecified atom stereocenters. The number of rotatable bonds is 29. The van der Waals surface area contributed by atoms with E-state index in [2.05, 4.69) is 37.6 Å². The van der Waals surface area contributed by atoms with Crippen LogP contribution in [0.1, 0.15) is 144 Å². The SMILES string of the molecule is C=CCO[C@H]1O[C@@H]2COC(C)(C)O[C@H]2[C@H](OCCCCCCCCCC)[C@H]1NC(C)=O.C=CCO[C@H]1O[C@H](CO)[C@@H](O)[C@H](OCCCCCCCCCC)[C@H]1NC(C)=O. The molecule has 4 N–H and O–H groups in total. The van der Waals surface area contributed by atoms with Crippen LogP contribution in [-0.2, 0) is 47.5 Å². The van der Waals surface area contributed by atoms with E-state index in [1.807, 2.05) is 13.8 Å². The van der Waals surface area contributed by atoms with E-state index in [1.165, 1.54) is 90.9 Å². The van der Waals surface area contributed by atoms with E-state index in [0.29, 0.717) is 26.4 Å². The lowest BCUT2D eigenvalue weighted by atomic mass is 9.95. The molecule has 3 fully saturated rings. The normalized spacial score (nSPS) is 28.7. The standard InChI is InChI=1S/C24H43NO6.C21H39NO6/c1-6-8-9-10-11-12-13-14-16-27-22-20(25-18(3)26)23(28-15-7-2)30-19-17-29-24(4,5)31-21(19)22;1-4-6-7-8-9-10-11-12-14-26-20-18(22-16(3)24)21(27-13-5-2)28-17(15-23)19(20)25/h7,19-23H,2,6,8-17H2,1,3-5H3,(H,25,26);5,17-21,23,25H,2,4,6-15H2,1,3H3,(H,22,24)/t19-,20-,21-,22-,23+;17-,18-,19-,20-,21+/m11/s1. The summed E-state index contributed by atoms with van der Waals surface area (Å²) in [7, 11) is 0. The minimum Gasteiger partial charge on any atom is -0.394 e. The fourth-order valence-electron chi connectivity index (χ4n) is 7.59. The van der Waals surface area contributed by atoms with Gasteiger partial charge < -0.3 is 58.7 Å². The number of carbonyl (C=O) groups excluding carboxylic acids is 2. The molecule has 0 aromatic heterocycles. The third-order valence-corrected chi connectivity index (χ3v) is 10.6. The van der Waals surface area contributed by atoms with Crippen LogP contribution in [0.5, 0.6) is 0 Å². The molecule has 2 amide bonds. The van der Waals surface area contributed by atoms with E-state index < -0.39 is 48.8 Å². The molecule has 0 saturated carbocycles. The van der Waals surface area contributed by atoms with Crippen molar-refractivity contribution in [3.8, 4) is 0 Å². The minimum absolute atomic E-state index is 0.161. The van der Waals surface area contributed by atoms with Gasteiger partial charge in [0.15, 0.2) is 18.4 Å². The number of unbranched alkanes of at least 4 members (excludes halogenated alkanes) is 14. The molecule has 0 radical (unpaired) electrons. The highest BCUT2D eigenvalue weighted by molar-refractivity contribution is 5.73. The summed E-state index contributed by atoms with van der Waals surface area (Å²) in [6.07, 6.45) is 17.5. The van der Waals surface area contributed by atoms with Crippen LogP contribution in [0.3, 0.4) is 0 Å². The fraction of sp³-hybridized carbons (Fsp3) is 0.867. The molecule has 14 nitrogen and oxygen atoms in total. The summed E-state index contributed by atoms with van der Waals surface area (Å²) in [5.41, 5.74) is 0. The third-order valence-electron chi connectivity index (χ3n) is 10.6. The van der Waals surface area contributed by atoms with Crippen LogP contribution in [0.4, 0.5) is 0 Å². The average Bonchev–Trinajstić information content (AvgIpc) is 3.19. The van der Waals surface area contributed by atoms with Gasteiger partial charge in [0, 0.05) is 27.1 Å². The summed E-state index contributed by atoms with van der Waals surface area (Å²) in [6.45, 7) is 20.0. The van der Waals surface area contributed by atoms with Crippen molar-refractivity contribution in [3.05, 3.63) is 25.3 Å². The maximum Gasteiger partial charge on any atom is 0.217 e. The van der Waals surface area contributed by atoms with Crippen molar-refractivity contribution in [2.45, 2.75) is 211 Å². The van der Waals surface area contributed by atoms with Gasteiger partial charge in [0.1, 0.15) is 48.7 Å². The Hall–Kier alpha value is -1.98. The van der Waals surface area contributed by atoms with Crippen LogP contribution < -0.4 is 10.6 Å². The molecule has 10 atom stereocenters. The molecule has 0 aromatic rings. The number of nitrogens with one attached hydrogen (secondary N) is 2. The molecule has 0 bridgehead atoms. The predicted molar refractivity (Wildman–Crippen MR) is 228 cm³/mol. The van der Waals surface area contributed by atoms with Crippen LogP contribution >= 0.6 is 0 Å². The van der Waals surface area contributed by atoms with Gasteiger partial charge in [-0.05, 0) is 26.7 Å². The van der Waals surface area contributed by atoms with Crippen molar-refractivity contribution < 1.29 is 57.7 Å². The van der Waals surface area contributed by atoms with Gasteiger partial charge in [-0.25, -0.2) is 0 Å². The van der Waals surface area contributed by atoms with Crippen LogP contribution in [0, 0.1) is 0 Å². The molecule has 0 aromatic carbocycles. The van der Waals surface area contributed by atoms with E-state index in [4.69, 9.17) is 37.9 Å². The summed E-state index contributed by atoms with van der Waals surface area (Å²) in [4.78, 5) is 23.6. The smallest absolute Gasteiger partial charge is 0.217 e. The number of hydrogen-bond acceptors (Lipinski definition) is 12. The Balaban J connectivity index is 0.000000409. The lowest BCUT2D eigenvalue weighted by Crippen LogP contribution is -2.69. The summed E-state index contributed by atoms with van der Waals surface area (Å²) in [5, 5.41) is 25.8. The van der Waals surface area contributed by atoms with Crippen molar-refractivity contribution in [2.75, 3.05) is 39.6 Å². The molecular weight excluding hydrogens is 760 g/mol. The highest BCUT2D eigenvalue weighted by Crippen LogP contribution is 2.34. The van der Waals surface area contributed by atoms with Crippen molar-refractivity contribution in [1.82, 2.24) is 10.6 Å². The number of fused-ring (bicyclic) bond motifs is 1. The first-order valence-electron chi connectivity index (χ1n) is 22.6. The third kappa shape index (κ3) is 20.6. The van der Waals surface area contributed by atoms with E-state index in [-0.39, 0.29) is 43.3 Å². The summed E-state index contributed by atoms with van der Waals surface area (Å²) < 4.78 is 47.4. The zero-order valence-corrected chi connectivity index (χ0v) is 37.4. The van der Waals surface area contributed by atoms with Gasteiger partial charge >= 0.3 is 0 Å². The highest BCUT2D eigenvalue weighted by atomic mass is 16.8. The van der Waals surface area contributed by atoms with E-state index in [9.17, 15) is 19.8 Å². The second-order valence-electron chi connectivity index (χ2n) is 16.4. The van der Waals surface area contributed by atoms with Gasteiger partial charge in [0.25, 0.3) is 0 Å². The molecular formula is C45H82N2O12. The van der Waals surface area contributed by atoms with Crippen LogP contribution in [0.25, 0.3) is 0 Å². The Bertz CT molecular complexity index is 1140. The maximum absolute atomic E-state index is 11.9. The average molecular weight is 843 g/mol. The van der Waals surface area contributed by atoms with Crippen LogP contribution in [-0.4, -0.2) is 129 Å². The first kappa shape index (κ1) is 53.2. The minimum atomic E-state index is -1.06.